The standard InChI is InChI=1S/C13H19NO5S/c1-3-19-8-7-14(2)20(17,18)10-11-5-4-6-12(9-11)13(15)16/h4-6,9H,3,7-8,10H2,1-2H3,(H,15,16). The molecule has 0 saturated carbocycles. The van der Waals surface area contributed by atoms with Crippen molar-refractivity contribution in [3.63, 3.8) is 0 Å². The molecule has 6 nitrogen and oxygen atoms in total. The van der Waals surface area contributed by atoms with Gasteiger partial charge >= 0.3 is 5.97 Å². The molecule has 0 aliphatic rings. The third kappa shape index (κ3) is 4.92. The maximum Gasteiger partial charge on any atom is 0.335 e. The van der Waals surface area contributed by atoms with Crippen molar-refractivity contribution in [2.75, 3.05) is 26.8 Å². The number of sulfonamides is 1. The largest absolute Gasteiger partial charge is 0.478 e. The first-order valence-electron chi connectivity index (χ1n) is 6.21. The van der Waals surface area contributed by atoms with Gasteiger partial charge in [0, 0.05) is 20.2 Å². The van der Waals surface area contributed by atoms with Crippen molar-refractivity contribution in [2.24, 2.45) is 0 Å². The lowest BCUT2D eigenvalue weighted by Crippen LogP contribution is -2.31. The van der Waals surface area contributed by atoms with Gasteiger partial charge in [-0.25, -0.2) is 17.5 Å². The molecular weight excluding hydrogens is 282 g/mol. The van der Waals surface area contributed by atoms with Crippen molar-refractivity contribution in [1.82, 2.24) is 4.31 Å². The van der Waals surface area contributed by atoms with Crippen LogP contribution in [0.1, 0.15) is 22.8 Å². The molecule has 0 amide bonds. The van der Waals surface area contributed by atoms with Gasteiger partial charge in [-0.15, -0.1) is 0 Å². The minimum absolute atomic E-state index is 0.0784. The number of carboxylic acid groups (broad SMARTS) is 1. The van der Waals surface area contributed by atoms with Crippen LogP contribution >= 0.6 is 0 Å². The van der Waals surface area contributed by atoms with E-state index in [1.54, 1.807) is 6.07 Å². The molecule has 0 heterocycles. The zero-order valence-corrected chi connectivity index (χ0v) is 12.4. The zero-order chi connectivity index (χ0) is 15.2. The van der Waals surface area contributed by atoms with Crippen LogP contribution in [0.5, 0.6) is 0 Å². The lowest BCUT2D eigenvalue weighted by Gasteiger charge is -2.17. The van der Waals surface area contributed by atoms with Gasteiger partial charge in [-0.2, -0.15) is 0 Å². The Kier molecular flexibility index (Phi) is 6.12. The third-order valence-electron chi connectivity index (χ3n) is 2.75. The Labute approximate surface area is 119 Å². The van der Waals surface area contributed by atoms with Gasteiger partial charge in [-0.3, -0.25) is 0 Å². The Morgan fingerprint density at radius 3 is 2.70 bits per heavy atom. The van der Waals surface area contributed by atoms with Crippen molar-refractivity contribution in [1.29, 1.82) is 0 Å². The molecule has 20 heavy (non-hydrogen) atoms. The number of benzene rings is 1. The number of rotatable bonds is 8. The van der Waals surface area contributed by atoms with Crippen LogP contribution < -0.4 is 0 Å². The van der Waals surface area contributed by atoms with Crippen LogP contribution in [0.4, 0.5) is 0 Å². The molecule has 1 aromatic rings. The van der Waals surface area contributed by atoms with Crippen molar-refractivity contribution >= 4 is 16.0 Å². The topological polar surface area (TPSA) is 83.9 Å². The highest BCUT2D eigenvalue weighted by Gasteiger charge is 2.18. The van der Waals surface area contributed by atoms with Crippen LogP contribution in [-0.2, 0) is 20.5 Å². The number of likely N-dealkylation sites (N-methyl/N-ethyl adjacent to an activating group) is 1. The molecule has 0 aliphatic carbocycles. The molecule has 0 fully saturated rings. The van der Waals surface area contributed by atoms with Crippen molar-refractivity contribution in [3.05, 3.63) is 35.4 Å². The SMILES string of the molecule is CCOCCN(C)S(=O)(=O)Cc1cccc(C(=O)O)c1. The molecule has 1 aromatic carbocycles. The molecular formula is C13H19NO5S. The quantitative estimate of drug-likeness (QED) is 0.729. The van der Waals surface area contributed by atoms with Gasteiger partial charge < -0.3 is 9.84 Å². The number of nitrogens with zero attached hydrogens (tertiary/aromatic N) is 1. The maximum atomic E-state index is 12.1. The molecule has 0 unspecified atom stereocenters. The van der Waals surface area contributed by atoms with E-state index in [2.05, 4.69) is 0 Å². The Morgan fingerprint density at radius 1 is 1.40 bits per heavy atom. The second-order valence-corrected chi connectivity index (χ2v) is 6.36. The highest BCUT2D eigenvalue weighted by Crippen LogP contribution is 2.11. The van der Waals surface area contributed by atoms with E-state index in [0.717, 1.165) is 0 Å². The zero-order valence-electron chi connectivity index (χ0n) is 11.6. The van der Waals surface area contributed by atoms with Crippen LogP contribution in [0.3, 0.4) is 0 Å². The number of aromatic carboxylic acids is 1. The summed E-state index contributed by atoms with van der Waals surface area (Å²) in [5.41, 5.74) is 0.530. The number of hydrogen-bond donors (Lipinski definition) is 1. The van der Waals surface area contributed by atoms with Crippen LogP contribution in [-0.4, -0.2) is 50.6 Å². The molecule has 0 aliphatic heterocycles. The number of ether oxygens (including phenoxy) is 1. The Morgan fingerprint density at radius 2 is 2.10 bits per heavy atom. The molecule has 0 saturated heterocycles. The summed E-state index contributed by atoms with van der Waals surface area (Å²) in [5, 5.41) is 8.88. The van der Waals surface area contributed by atoms with Gasteiger partial charge in [0.25, 0.3) is 0 Å². The summed E-state index contributed by atoms with van der Waals surface area (Å²) < 4.78 is 30.5. The lowest BCUT2D eigenvalue weighted by molar-refractivity contribution is 0.0696. The molecule has 0 spiro atoms. The number of carboxylic acids is 1. The second kappa shape index (κ2) is 7.37. The summed E-state index contributed by atoms with van der Waals surface area (Å²) in [5.74, 6) is -1.30. The predicted octanol–water partition coefficient (Wildman–Crippen LogP) is 1.18. The van der Waals surface area contributed by atoms with Crippen LogP contribution in [0, 0.1) is 0 Å². The van der Waals surface area contributed by atoms with E-state index in [1.165, 1.54) is 29.6 Å². The van der Waals surface area contributed by atoms with Gasteiger partial charge in [0.15, 0.2) is 0 Å². The highest BCUT2D eigenvalue weighted by atomic mass is 32.2. The fraction of sp³-hybridized carbons (Fsp3) is 0.462. The molecule has 0 atom stereocenters. The first-order chi connectivity index (χ1) is 9.36. The molecule has 0 radical (unpaired) electrons. The molecule has 0 bridgehead atoms. The summed E-state index contributed by atoms with van der Waals surface area (Å²) in [6.45, 7) is 2.98. The van der Waals surface area contributed by atoms with Crippen LogP contribution in [0.25, 0.3) is 0 Å². The van der Waals surface area contributed by atoms with E-state index in [1.807, 2.05) is 6.92 Å². The molecule has 112 valence electrons. The molecule has 1 N–H and O–H groups in total. The summed E-state index contributed by atoms with van der Waals surface area (Å²) in [6.07, 6.45) is 0. The molecule has 1 rings (SSSR count). The Balaban J connectivity index is 2.75. The smallest absolute Gasteiger partial charge is 0.335 e. The fourth-order valence-electron chi connectivity index (χ4n) is 1.59. The van der Waals surface area contributed by atoms with Gasteiger partial charge in [-0.05, 0) is 24.6 Å². The average molecular weight is 301 g/mol. The van der Waals surface area contributed by atoms with Crippen LogP contribution in [0.15, 0.2) is 24.3 Å². The lowest BCUT2D eigenvalue weighted by atomic mass is 10.1. The summed E-state index contributed by atoms with van der Waals surface area (Å²) in [6, 6.07) is 5.93. The molecule has 7 heteroatoms. The summed E-state index contributed by atoms with van der Waals surface area (Å²) in [4.78, 5) is 10.9. The Bertz CT molecular complexity index is 556. The van der Waals surface area contributed by atoms with Crippen molar-refractivity contribution in [3.8, 4) is 0 Å². The van der Waals surface area contributed by atoms with E-state index in [-0.39, 0.29) is 17.9 Å². The predicted molar refractivity (Wildman–Crippen MR) is 75.1 cm³/mol. The highest BCUT2D eigenvalue weighted by molar-refractivity contribution is 7.88. The minimum Gasteiger partial charge on any atom is -0.478 e. The van der Waals surface area contributed by atoms with E-state index in [4.69, 9.17) is 9.84 Å². The normalized spacial score (nSPS) is 11.8. The molecule has 0 aromatic heterocycles. The van der Waals surface area contributed by atoms with Crippen molar-refractivity contribution in [2.45, 2.75) is 12.7 Å². The average Bonchev–Trinajstić information content (AvgIpc) is 2.38. The van der Waals surface area contributed by atoms with E-state index in [9.17, 15) is 13.2 Å². The monoisotopic (exact) mass is 301 g/mol. The number of carbonyl (C=O) groups is 1. The van der Waals surface area contributed by atoms with Gasteiger partial charge in [0.2, 0.25) is 10.0 Å². The van der Waals surface area contributed by atoms with Gasteiger partial charge in [-0.1, -0.05) is 12.1 Å². The maximum absolute atomic E-state index is 12.1. The number of hydrogen-bond acceptors (Lipinski definition) is 4. The first kappa shape index (κ1) is 16.6. The third-order valence-corrected chi connectivity index (χ3v) is 4.58. The fourth-order valence-corrected chi connectivity index (χ4v) is 2.77. The first-order valence-corrected chi connectivity index (χ1v) is 7.81. The second-order valence-electron chi connectivity index (χ2n) is 4.28. The van der Waals surface area contributed by atoms with E-state index < -0.39 is 16.0 Å². The minimum atomic E-state index is -3.48. The van der Waals surface area contributed by atoms with Crippen LogP contribution in [0.2, 0.25) is 0 Å². The summed E-state index contributed by atoms with van der Waals surface area (Å²) >= 11 is 0. The van der Waals surface area contributed by atoms with Gasteiger partial charge in [0.1, 0.15) is 0 Å². The summed E-state index contributed by atoms with van der Waals surface area (Å²) in [7, 11) is -1.99. The van der Waals surface area contributed by atoms with E-state index in [0.29, 0.717) is 18.8 Å². The van der Waals surface area contributed by atoms with Crippen molar-refractivity contribution < 1.29 is 23.1 Å². The Hall–Kier alpha value is -1.44. The van der Waals surface area contributed by atoms with E-state index >= 15 is 0 Å². The van der Waals surface area contributed by atoms with Gasteiger partial charge in [0.05, 0.1) is 17.9 Å².